The highest BCUT2D eigenvalue weighted by atomic mass is 15.1. The first-order chi connectivity index (χ1) is 4.91. The van der Waals surface area contributed by atoms with E-state index in [4.69, 9.17) is 10.8 Å². The molecule has 0 saturated carbocycles. The van der Waals surface area contributed by atoms with Gasteiger partial charge in [0.15, 0.2) is 0 Å². The van der Waals surface area contributed by atoms with Crippen LogP contribution in [0, 0.1) is 11.3 Å². The lowest BCUT2D eigenvalue weighted by atomic mass is 10.2. The number of nitriles is 1. The predicted octanol–water partition coefficient (Wildman–Crippen LogP) is 2.38. The number of unbranched alkanes of at least 4 members (excludes halogenated alkanes) is 3. The third-order valence-corrected chi connectivity index (χ3v) is 1.11. The second kappa shape index (κ2) is 7.80. The van der Waals surface area contributed by atoms with Crippen LogP contribution < -0.4 is 0 Å². The van der Waals surface area contributed by atoms with E-state index in [1.54, 1.807) is 0 Å². The van der Waals surface area contributed by atoms with Crippen LogP contribution in [-0.4, -0.2) is 6.54 Å². The van der Waals surface area contributed by atoms with Crippen LogP contribution in [0.15, 0.2) is 5.11 Å². The minimum atomic E-state index is 0.557. The van der Waals surface area contributed by atoms with Crippen molar-refractivity contribution < 1.29 is 0 Å². The topological polar surface area (TPSA) is 72.5 Å². The normalized spacial score (nSPS) is 7.90. The monoisotopic (exact) mass is 138 g/mol. The first-order valence-electron chi connectivity index (χ1n) is 3.29. The summed E-state index contributed by atoms with van der Waals surface area (Å²) in [6.07, 6.45) is 3.39. The summed E-state index contributed by atoms with van der Waals surface area (Å²) in [7, 11) is 0. The van der Waals surface area contributed by atoms with Crippen LogP contribution in [0.3, 0.4) is 0 Å². The van der Waals surface area contributed by atoms with Gasteiger partial charge in [0.05, 0.1) is 6.07 Å². The first kappa shape index (κ1) is 8.80. The molecule has 0 atom stereocenters. The van der Waals surface area contributed by atoms with Crippen LogP contribution in [0.4, 0.5) is 0 Å². The average Bonchev–Trinajstić information content (AvgIpc) is 1.97. The third kappa shape index (κ3) is 6.80. The fourth-order valence-electron chi connectivity index (χ4n) is 0.608. The molecule has 0 unspecified atom stereocenters. The van der Waals surface area contributed by atoms with Gasteiger partial charge in [0.2, 0.25) is 0 Å². The minimum Gasteiger partial charge on any atom is -0.198 e. The molecular weight excluding hydrogens is 128 g/mol. The van der Waals surface area contributed by atoms with Crippen molar-refractivity contribution in [1.29, 1.82) is 5.26 Å². The molecule has 4 nitrogen and oxygen atoms in total. The van der Waals surface area contributed by atoms with Gasteiger partial charge in [-0.25, -0.2) is 0 Å². The molecule has 0 heterocycles. The second-order valence-corrected chi connectivity index (χ2v) is 1.92. The summed E-state index contributed by atoms with van der Waals surface area (Å²) >= 11 is 0. The van der Waals surface area contributed by atoms with E-state index in [2.05, 4.69) is 16.1 Å². The van der Waals surface area contributed by atoms with Crippen molar-refractivity contribution in [2.45, 2.75) is 25.7 Å². The highest BCUT2D eigenvalue weighted by Gasteiger charge is 1.85. The van der Waals surface area contributed by atoms with Crippen molar-refractivity contribution in [2.24, 2.45) is 5.11 Å². The molecule has 0 aromatic carbocycles. The molecule has 0 saturated heterocycles. The van der Waals surface area contributed by atoms with E-state index in [1.807, 2.05) is 0 Å². The Labute approximate surface area is 60.1 Å². The molecule has 0 aromatic rings. The fourth-order valence-corrected chi connectivity index (χ4v) is 0.608. The van der Waals surface area contributed by atoms with Crippen LogP contribution in [0.1, 0.15) is 25.7 Å². The van der Waals surface area contributed by atoms with E-state index < -0.39 is 0 Å². The van der Waals surface area contributed by atoms with E-state index in [1.165, 1.54) is 0 Å². The van der Waals surface area contributed by atoms with Gasteiger partial charge in [-0.1, -0.05) is 11.5 Å². The molecule has 54 valence electrons. The lowest BCUT2D eigenvalue weighted by Gasteiger charge is -1.89. The van der Waals surface area contributed by atoms with E-state index in [-0.39, 0.29) is 0 Å². The largest absolute Gasteiger partial charge is 0.198 e. The Morgan fingerprint density at radius 2 is 2.20 bits per heavy atom. The van der Waals surface area contributed by atoms with Crippen LogP contribution in [-0.2, 0) is 0 Å². The van der Waals surface area contributed by atoms with Gasteiger partial charge in [0, 0.05) is 17.9 Å². The molecule has 0 radical (unpaired) electrons. The van der Waals surface area contributed by atoms with Gasteiger partial charge in [-0.05, 0) is 18.4 Å². The van der Waals surface area contributed by atoms with E-state index >= 15 is 0 Å². The zero-order valence-corrected chi connectivity index (χ0v) is 5.82. The molecule has 4 heteroatoms. The van der Waals surface area contributed by atoms with Gasteiger partial charge in [0.1, 0.15) is 0 Å². The van der Waals surface area contributed by atoms with Gasteiger partial charge in [-0.3, -0.25) is 0 Å². The maximum Gasteiger partial charge on any atom is 0.0621 e. The zero-order chi connectivity index (χ0) is 7.66. The maximum atomic E-state index is 8.14. The molecule has 0 aliphatic carbocycles. The van der Waals surface area contributed by atoms with Gasteiger partial charge in [0.25, 0.3) is 0 Å². The number of rotatable bonds is 5. The summed E-state index contributed by atoms with van der Waals surface area (Å²) in [6, 6.07) is 2.06. The number of azide groups is 1. The highest BCUT2D eigenvalue weighted by molar-refractivity contribution is 4.67. The number of nitrogens with zero attached hydrogens (tertiary/aromatic N) is 4. The van der Waals surface area contributed by atoms with Crippen molar-refractivity contribution in [3.05, 3.63) is 10.4 Å². The van der Waals surface area contributed by atoms with Crippen molar-refractivity contribution in [2.75, 3.05) is 6.54 Å². The van der Waals surface area contributed by atoms with Gasteiger partial charge >= 0.3 is 0 Å². The number of hydrogen-bond donors (Lipinski definition) is 0. The lowest BCUT2D eigenvalue weighted by molar-refractivity contribution is 0.697. The molecule has 10 heavy (non-hydrogen) atoms. The Bertz CT molecular complexity index is 152. The van der Waals surface area contributed by atoms with E-state index in [0.29, 0.717) is 13.0 Å². The zero-order valence-electron chi connectivity index (χ0n) is 5.82. The average molecular weight is 138 g/mol. The molecule has 0 aliphatic heterocycles. The molecular formula is C6H10N4. The fraction of sp³-hybridized carbons (Fsp3) is 0.833. The lowest BCUT2D eigenvalue weighted by Crippen LogP contribution is -1.79. The Kier molecular flexibility index (Phi) is 6.86. The molecule has 0 bridgehead atoms. The molecule has 0 amide bonds. The molecule has 0 aliphatic rings. The van der Waals surface area contributed by atoms with Crippen molar-refractivity contribution in [3.63, 3.8) is 0 Å². The summed E-state index contributed by atoms with van der Waals surface area (Å²) in [5.41, 5.74) is 7.87. The summed E-state index contributed by atoms with van der Waals surface area (Å²) in [5.74, 6) is 0. The van der Waals surface area contributed by atoms with Gasteiger partial charge < -0.3 is 0 Å². The molecule has 0 fully saturated rings. The predicted molar refractivity (Wildman–Crippen MR) is 38.1 cm³/mol. The standard InChI is InChI=1S/C6H10N4/c7-5-3-1-2-4-6-9-10-8/h1-4,6H2. The number of hydrogen-bond acceptors (Lipinski definition) is 2. The van der Waals surface area contributed by atoms with Crippen LogP contribution in [0.5, 0.6) is 0 Å². The van der Waals surface area contributed by atoms with Crippen molar-refractivity contribution >= 4 is 0 Å². The van der Waals surface area contributed by atoms with Crippen LogP contribution in [0.2, 0.25) is 0 Å². The molecule has 0 rings (SSSR count). The summed E-state index contributed by atoms with van der Waals surface area (Å²) < 4.78 is 0. The smallest absolute Gasteiger partial charge is 0.0621 e. The molecule has 0 N–H and O–H groups in total. The van der Waals surface area contributed by atoms with Gasteiger partial charge in [-0.15, -0.1) is 0 Å². The van der Waals surface area contributed by atoms with Gasteiger partial charge in [-0.2, -0.15) is 5.26 Å². The van der Waals surface area contributed by atoms with Crippen molar-refractivity contribution in [1.82, 2.24) is 0 Å². The highest BCUT2D eigenvalue weighted by Crippen LogP contribution is 1.98. The Morgan fingerprint density at radius 1 is 1.40 bits per heavy atom. The molecule has 0 spiro atoms. The van der Waals surface area contributed by atoms with Crippen LogP contribution >= 0.6 is 0 Å². The molecule has 0 aromatic heterocycles. The first-order valence-corrected chi connectivity index (χ1v) is 3.29. The summed E-state index contributed by atoms with van der Waals surface area (Å²) in [4.78, 5) is 2.61. The van der Waals surface area contributed by atoms with E-state index in [0.717, 1.165) is 19.3 Å². The quantitative estimate of drug-likeness (QED) is 0.249. The minimum absolute atomic E-state index is 0.557. The summed E-state index contributed by atoms with van der Waals surface area (Å²) in [6.45, 7) is 0.557. The third-order valence-electron chi connectivity index (χ3n) is 1.11. The second-order valence-electron chi connectivity index (χ2n) is 1.92. The van der Waals surface area contributed by atoms with E-state index in [9.17, 15) is 0 Å². The Morgan fingerprint density at radius 3 is 2.80 bits per heavy atom. The van der Waals surface area contributed by atoms with Crippen LogP contribution in [0.25, 0.3) is 10.4 Å². The summed E-state index contributed by atoms with van der Waals surface area (Å²) in [5, 5.41) is 11.5. The van der Waals surface area contributed by atoms with Crippen molar-refractivity contribution in [3.8, 4) is 6.07 Å². The maximum absolute atomic E-state index is 8.14. The Balaban J connectivity index is 2.92. The SMILES string of the molecule is N#CCCCCCN=[N+]=[N-]. The Hall–Kier alpha value is -1.20.